The van der Waals surface area contributed by atoms with Gasteiger partial charge in [-0.05, 0) is 69.0 Å². The molecule has 1 saturated carbocycles. The molecule has 4 N–H and O–H groups in total. The number of urea groups is 1. The predicted molar refractivity (Wildman–Crippen MR) is 105 cm³/mol. The van der Waals surface area contributed by atoms with Crippen molar-refractivity contribution in [3.8, 4) is 5.75 Å². The van der Waals surface area contributed by atoms with Gasteiger partial charge in [-0.1, -0.05) is 17.7 Å². The zero-order chi connectivity index (χ0) is 19.2. The SMILES string of the molecule is Cc1ccc(NC(=O)N[C@H]2CC[C@H](Oc3ccc(C(N)=O)cc3)CC2)cc1. The molecule has 0 heterocycles. The molecule has 2 aromatic carbocycles. The molecule has 142 valence electrons. The molecule has 0 aromatic heterocycles. The Labute approximate surface area is 159 Å². The molecule has 0 atom stereocenters. The zero-order valence-corrected chi connectivity index (χ0v) is 15.4. The Balaban J connectivity index is 1.42. The van der Waals surface area contributed by atoms with E-state index in [-0.39, 0.29) is 18.2 Å². The molecule has 3 rings (SSSR count). The van der Waals surface area contributed by atoms with Crippen molar-refractivity contribution in [2.24, 2.45) is 5.73 Å². The first-order valence-electron chi connectivity index (χ1n) is 9.20. The lowest BCUT2D eigenvalue weighted by Gasteiger charge is -2.29. The van der Waals surface area contributed by atoms with Gasteiger partial charge in [0.05, 0.1) is 6.10 Å². The average molecular weight is 367 g/mol. The monoisotopic (exact) mass is 367 g/mol. The molecule has 0 radical (unpaired) electrons. The normalized spacial score (nSPS) is 19.1. The lowest BCUT2D eigenvalue weighted by atomic mass is 9.93. The average Bonchev–Trinajstić information content (AvgIpc) is 2.66. The summed E-state index contributed by atoms with van der Waals surface area (Å²) in [6.07, 6.45) is 3.58. The van der Waals surface area contributed by atoms with E-state index in [2.05, 4.69) is 10.6 Å². The molecule has 6 heteroatoms. The number of carbonyl (C=O) groups is 2. The third-order valence-corrected chi connectivity index (χ3v) is 4.76. The Morgan fingerprint density at radius 3 is 2.19 bits per heavy atom. The molecule has 27 heavy (non-hydrogen) atoms. The highest BCUT2D eigenvalue weighted by Gasteiger charge is 2.23. The minimum absolute atomic E-state index is 0.114. The Morgan fingerprint density at radius 2 is 1.59 bits per heavy atom. The Hall–Kier alpha value is -3.02. The number of primary amides is 1. The van der Waals surface area contributed by atoms with E-state index >= 15 is 0 Å². The summed E-state index contributed by atoms with van der Waals surface area (Å²) in [7, 11) is 0. The van der Waals surface area contributed by atoms with Gasteiger partial charge in [0.15, 0.2) is 0 Å². The number of nitrogens with two attached hydrogens (primary N) is 1. The van der Waals surface area contributed by atoms with Crippen LogP contribution in [0.2, 0.25) is 0 Å². The van der Waals surface area contributed by atoms with Crippen LogP contribution in [0.4, 0.5) is 10.5 Å². The third-order valence-electron chi connectivity index (χ3n) is 4.76. The summed E-state index contributed by atoms with van der Waals surface area (Å²) in [6.45, 7) is 2.01. The van der Waals surface area contributed by atoms with Gasteiger partial charge in [-0.3, -0.25) is 4.79 Å². The first-order chi connectivity index (χ1) is 13.0. The van der Waals surface area contributed by atoms with E-state index < -0.39 is 5.91 Å². The number of ether oxygens (including phenoxy) is 1. The van der Waals surface area contributed by atoms with Crippen molar-refractivity contribution < 1.29 is 14.3 Å². The fourth-order valence-corrected chi connectivity index (χ4v) is 3.20. The van der Waals surface area contributed by atoms with E-state index in [1.807, 2.05) is 31.2 Å². The number of amides is 3. The van der Waals surface area contributed by atoms with Gasteiger partial charge >= 0.3 is 6.03 Å². The number of anilines is 1. The Bertz CT molecular complexity index is 779. The van der Waals surface area contributed by atoms with Crippen LogP contribution >= 0.6 is 0 Å². The van der Waals surface area contributed by atoms with Crippen LogP contribution in [0.15, 0.2) is 48.5 Å². The van der Waals surface area contributed by atoms with Crippen LogP contribution in [0.1, 0.15) is 41.6 Å². The maximum Gasteiger partial charge on any atom is 0.319 e. The quantitative estimate of drug-likeness (QED) is 0.754. The van der Waals surface area contributed by atoms with E-state index in [4.69, 9.17) is 10.5 Å². The van der Waals surface area contributed by atoms with E-state index in [0.29, 0.717) is 5.56 Å². The van der Waals surface area contributed by atoms with Crippen molar-refractivity contribution in [3.63, 3.8) is 0 Å². The summed E-state index contributed by atoms with van der Waals surface area (Å²) in [5, 5.41) is 5.89. The number of rotatable bonds is 5. The highest BCUT2D eigenvalue weighted by molar-refractivity contribution is 5.92. The smallest absolute Gasteiger partial charge is 0.319 e. The number of hydrogen-bond donors (Lipinski definition) is 3. The fraction of sp³-hybridized carbons (Fsp3) is 0.333. The summed E-state index contributed by atoms with van der Waals surface area (Å²) in [6, 6.07) is 14.5. The molecule has 0 unspecified atom stereocenters. The van der Waals surface area contributed by atoms with Crippen molar-refractivity contribution in [3.05, 3.63) is 59.7 Å². The van der Waals surface area contributed by atoms with E-state index in [9.17, 15) is 9.59 Å². The first-order valence-corrected chi connectivity index (χ1v) is 9.20. The second kappa shape index (κ2) is 8.58. The summed E-state index contributed by atoms with van der Waals surface area (Å²) < 4.78 is 5.97. The van der Waals surface area contributed by atoms with Crippen molar-refractivity contribution in [1.82, 2.24) is 5.32 Å². The summed E-state index contributed by atoms with van der Waals surface area (Å²) in [5.41, 5.74) is 7.65. The molecule has 6 nitrogen and oxygen atoms in total. The van der Waals surface area contributed by atoms with E-state index in [1.54, 1.807) is 24.3 Å². The van der Waals surface area contributed by atoms with Crippen LogP contribution in [0.3, 0.4) is 0 Å². The predicted octanol–water partition coefficient (Wildman–Crippen LogP) is 3.61. The van der Waals surface area contributed by atoms with Gasteiger partial charge in [0.25, 0.3) is 0 Å². The van der Waals surface area contributed by atoms with Crippen molar-refractivity contribution in [2.45, 2.75) is 44.8 Å². The van der Waals surface area contributed by atoms with Crippen LogP contribution in [-0.2, 0) is 0 Å². The molecule has 0 saturated heterocycles. The molecular formula is C21H25N3O3. The van der Waals surface area contributed by atoms with Gasteiger partial charge in [0.2, 0.25) is 5.91 Å². The number of aryl methyl sites for hydroxylation is 1. The van der Waals surface area contributed by atoms with Crippen molar-refractivity contribution in [1.29, 1.82) is 0 Å². The fourth-order valence-electron chi connectivity index (χ4n) is 3.20. The van der Waals surface area contributed by atoms with E-state index in [0.717, 1.165) is 42.7 Å². The second-order valence-electron chi connectivity index (χ2n) is 6.94. The lowest BCUT2D eigenvalue weighted by Crippen LogP contribution is -2.41. The number of hydrogen-bond acceptors (Lipinski definition) is 3. The zero-order valence-electron chi connectivity index (χ0n) is 15.4. The van der Waals surface area contributed by atoms with Crippen LogP contribution in [0, 0.1) is 6.92 Å². The summed E-state index contributed by atoms with van der Waals surface area (Å²) in [5.74, 6) is 0.283. The molecule has 2 aromatic rings. The van der Waals surface area contributed by atoms with Crippen molar-refractivity contribution >= 4 is 17.6 Å². The second-order valence-corrected chi connectivity index (χ2v) is 6.94. The van der Waals surface area contributed by atoms with Gasteiger partial charge in [-0.2, -0.15) is 0 Å². The third kappa shape index (κ3) is 5.48. The molecule has 1 aliphatic rings. The molecule has 3 amide bonds. The largest absolute Gasteiger partial charge is 0.490 e. The minimum atomic E-state index is -0.447. The summed E-state index contributed by atoms with van der Waals surface area (Å²) >= 11 is 0. The number of nitrogens with one attached hydrogen (secondary N) is 2. The lowest BCUT2D eigenvalue weighted by molar-refractivity contribution is 0.1000. The maximum absolute atomic E-state index is 12.1. The molecule has 0 aliphatic heterocycles. The first kappa shape index (κ1) is 18.8. The molecule has 0 bridgehead atoms. The topological polar surface area (TPSA) is 93.4 Å². The molecule has 0 spiro atoms. The Morgan fingerprint density at radius 1 is 0.963 bits per heavy atom. The van der Waals surface area contributed by atoms with Crippen molar-refractivity contribution in [2.75, 3.05) is 5.32 Å². The van der Waals surface area contributed by atoms with E-state index in [1.165, 1.54) is 0 Å². The minimum Gasteiger partial charge on any atom is -0.490 e. The Kier molecular flexibility index (Phi) is 5.96. The van der Waals surface area contributed by atoms with Crippen LogP contribution in [0.25, 0.3) is 0 Å². The number of carbonyl (C=O) groups excluding carboxylic acids is 2. The summed E-state index contributed by atoms with van der Waals surface area (Å²) in [4.78, 5) is 23.2. The van der Waals surface area contributed by atoms with Crippen LogP contribution < -0.4 is 21.1 Å². The number of benzene rings is 2. The highest BCUT2D eigenvalue weighted by atomic mass is 16.5. The van der Waals surface area contributed by atoms with Crippen LogP contribution in [0.5, 0.6) is 5.75 Å². The molecule has 1 aliphatic carbocycles. The van der Waals surface area contributed by atoms with Gasteiger partial charge in [0.1, 0.15) is 5.75 Å². The van der Waals surface area contributed by atoms with Gasteiger partial charge in [-0.15, -0.1) is 0 Å². The highest BCUT2D eigenvalue weighted by Crippen LogP contribution is 2.24. The molecular weight excluding hydrogens is 342 g/mol. The van der Waals surface area contributed by atoms with Gasteiger partial charge in [0, 0.05) is 17.3 Å². The van der Waals surface area contributed by atoms with Gasteiger partial charge in [-0.25, -0.2) is 4.79 Å². The standard InChI is InChI=1S/C21H25N3O3/c1-14-2-6-16(7-3-14)23-21(26)24-17-8-12-19(13-9-17)27-18-10-4-15(5-11-18)20(22)25/h2-7,10-11,17,19H,8-9,12-13H2,1H3,(H2,22,25)(H2,23,24,26)/t17-,19-. The molecule has 1 fully saturated rings. The van der Waals surface area contributed by atoms with Gasteiger partial charge < -0.3 is 21.1 Å². The maximum atomic E-state index is 12.1. The van der Waals surface area contributed by atoms with Crippen LogP contribution in [-0.4, -0.2) is 24.1 Å².